The van der Waals surface area contributed by atoms with Crippen LogP contribution in [0.5, 0.6) is 0 Å². The highest BCUT2D eigenvalue weighted by atomic mass is 16.3. The molecule has 1 N–H and O–H groups in total. The van der Waals surface area contributed by atoms with Crippen LogP contribution in [0.2, 0.25) is 0 Å². The first-order valence-electron chi connectivity index (χ1n) is 2.79. The van der Waals surface area contributed by atoms with Crippen molar-refractivity contribution in [3.05, 3.63) is 5.92 Å². The smallest absolute Gasteiger partial charge is 0.0488 e. The quantitative estimate of drug-likeness (QED) is 0.511. The molecule has 3 rings (SSSR count). The van der Waals surface area contributed by atoms with E-state index >= 15 is 0 Å². The Morgan fingerprint density at radius 2 is 2.00 bits per heavy atom. The number of hydrogen-bond acceptors (Lipinski definition) is 1. The zero-order valence-electron chi connectivity index (χ0n) is 4.28. The molecule has 0 aromatic carbocycles. The molecule has 3 aliphatic carbocycles. The predicted molar refractivity (Wildman–Crippen MR) is 26.6 cm³/mol. The third-order valence-electron chi connectivity index (χ3n) is 2.21. The second-order valence-corrected chi connectivity index (χ2v) is 2.94. The first-order chi connectivity index (χ1) is 3.35. The fraction of sp³-hybridized carbons (Fsp3) is 0.833. The lowest BCUT2D eigenvalue weighted by molar-refractivity contribution is -0.0326. The summed E-state index contributed by atoms with van der Waals surface area (Å²) in [5.74, 6) is 1.68. The fourth-order valence-electron chi connectivity index (χ4n) is 1.60. The molecular weight excluding hydrogens is 88.1 g/mol. The molecule has 0 spiro atoms. The van der Waals surface area contributed by atoms with Gasteiger partial charge in [0.25, 0.3) is 0 Å². The molecule has 1 radical (unpaired) electrons. The molecule has 7 heavy (non-hydrogen) atoms. The van der Waals surface area contributed by atoms with Crippen LogP contribution in [0.4, 0.5) is 0 Å². The van der Waals surface area contributed by atoms with Gasteiger partial charge in [-0.05, 0) is 30.6 Å². The van der Waals surface area contributed by atoms with Gasteiger partial charge in [-0.1, -0.05) is 0 Å². The third kappa shape index (κ3) is 0.290. The van der Waals surface area contributed by atoms with E-state index in [4.69, 9.17) is 5.11 Å². The van der Waals surface area contributed by atoms with E-state index in [1.54, 1.807) is 5.92 Å². The molecule has 0 aromatic heterocycles. The molecule has 3 saturated carbocycles. The molecule has 1 heteroatoms. The molecule has 3 fully saturated rings. The summed E-state index contributed by atoms with van der Waals surface area (Å²) < 4.78 is 0. The van der Waals surface area contributed by atoms with Gasteiger partial charge in [-0.3, -0.25) is 0 Å². The minimum absolute atomic E-state index is 0.426. The Labute approximate surface area is 43.3 Å². The molecule has 2 bridgehead atoms. The van der Waals surface area contributed by atoms with Gasteiger partial charge >= 0.3 is 0 Å². The van der Waals surface area contributed by atoms with Crippen molar-refractivity contribution < 1.29 is 5.11 Å². The number of hydrogen-bond donors (Lipinski definition) is 1. The van der Waals surface area contributed by atoms with E-state index < -0.39 is 0 Å². The van der Waals surface area contributed by atoms with Gasteiger partial charge < -0.3 is 5.11 Å². The Morgan fingerprint density at radius 1 is 1.43 bits per heavy atom. The number of aliphatic hydroxyl groups excluding tert-OH is 1. The minimum atomic E-state index is 0.426. The normalized spacial score (nSPS) is 33.9. The summed E-state index contributed by atoms with van der Waals surface area (Å²) in [7, 11) is 0. The van der Waals surface area contributed by atoms with Gasteiger partial charge in [0, 0.05) is 6.61 Å². The molecule has 0 unspecified atom stereocenters. The van der Waals surface area contributed by atoms with E-state index in [0.29, 0.717) is 12.0 Å². The lowest BCUT2D eigenvalue weighted by Gasteiger charge is -2.60. The van der Waals surface area contributed by atoms with Crippen LogP contribution in [0.1, 0.15) is 19.3 Å². The van der Waals surface area contributed by atoms with Crippen molar-refractivity contribution in [1.29, 1.82) is 0 Å². The highest BCUT2D eigenvalue weighted by Crippen LogP contribution is 2.65. The highest BCUT2D eigenvalue weighted by molar-refractivity contribution is 5.26. The van der Waals surface area contributed by atoms with E-state index in [1.807, 2.05) is 0 Å². The highest BCUT2D eigenvalue weighted by Gasteiger charge is 2.56. The number of rotatable bonds is 1. The van der Waals surface area contributed by atoms with Crippen LogP contribution in [0.3, 0.4) is 0 Å². The van der Waals surface area contributed by atoms with Crippen molar-refractivity contribution in [3.63, 3.8) is 0 Å². The summed E-state index contributed by atoms with van der Waals surface area (Å²) in [5.41, 5.74) is 0.426. The molecular formula is C6H9O. The van der Waals surface area contributed by atoms with Crippen LogP contribution in [-0.2, 0) is 0 Å². The Kier molecular flexibility index (Phi) is 0.487. The molecule has 0 amide bonds. The summed E-state index contributed by atoms with van der Waals surface area (Å²) in [6.07, 6.45) is 3.72. The van der Waals surface area contributed by atoms with Gasteiger partial charge in [0.2, 0.25) is 0 Å². The van der Waals surface area contributed by atoms with E-state index in [2.05, 4.69) is 0 Å². The van der Waals surface area contributed by atoms with Crippen LogP contribution in [0, 0.1) is 11.3 Å². The van der Waals surface area contributed by atoms with E-state index in [9.17, 15) is 0 Å². The van der Waals surface area contributed by atoms with Crippen LogP contribution >= 0.6 is 0 Å². The Balaban J connectivity index is 2.03. The lowest BCUT2D eigenvalue weighted by atomic mass is 9.45. The minimum Gasteiger partial charge on any atom is -0.396 e. The molecule has 3 aliphatic rings. The second-order valence-electron chi connectivity index (χ2n) is 2.94. The molecule has 39 valence electrons. The second kappa shape index (κ2) is 0.873. The van der Waals surface area contributed by atoms with Crippen molar-refractivity contribution in [3.8, 4) is 0 Å². The maximum atomic E-state index is 8.67. The predicted octanol–water partition coefficient (Wildman–Crippen LogP) is 0.737. The van der Waals surface area contributed by atoms with Crippen LogP contribution < -0.4 is 0 Å². The maximum Gasteiger partial charge on any atom is 0.0488 e. The zero-order valence-corrected chi connectivity index (χ0v) is 4.28. The van der Waals surface area contributed by atoms with E-state index in [0.717, 1.165) is 0 Å². The summed E-state index contributed by atoms with van der Waals surface area (Å²) in [5, 5.41) is 8.67. The molecule has 0 aliphatic heterocycles. The lowest BCUT2D eigenvalue weighted by Crippen LogP contribution is -2.52. The van der Waals surface area contributed by atoms with Crippen LogP contribution in [0.25, 0.3) is 0 Å². The largest absolute Gasteiger partial charge is 0.396 e. The summed E-state index contributed by atoms with van der Waals surface area (Å²) in [6, 6.07) is 0. The fourth-order valence-corrected chi connectivity index (χ4v) is 1.60. The Hall–Kier alpha value is -0.0400. The number of aliphatic hydroxyl groups is 1. The molecule has 0 heterocycles. The van der Waals surface area contributed by atoms with E-state index in [-0.39, 0.29) is 0 Å². The summed E-state index contributed by atoms with van der Waals surface area (Å²) in [4.78, 5) is 0. The van der Waals surface area contributed by atoms with Crippen molar-refractivity contribution in [2.24, 2.45) is 5.41 Å². The van der Waals surface area contributed by atoms with Crippen molar-refractivity contribution in [2.75, 3.05) is 6.61 Å². The molecule has 1 nitrogen and oxygen atoms in total. The Bertz CT molecular complexity index is 75.3. The average Bonchev–Trinajstić information content (AvgIpc) is 1.25. The topological polar surface area (TPSA) is 20.2 Å². The maximum absolute atomic E-state index is 8.67. The van der Waals surface area contributed by atoms with Gasteiger partial charge in [0.1, 0.15) is 0 Å². The van der Waals surface area contributed by atoms with Crippen molar-refractivity contribution in [1.82, 2.24) is 0 Å². The Morgan fingerprint density at radius 3 is 2.00 bits per heavy atom. The van der Waals surface area contributed by atoms with Crippen LogP contribution in [0.15, 0.2) is 0 Å². The standard InChI is InChI=1S/C6H9O/c7-4-6-1-5(2-6)3-6/h7H,1-4H2. The van der Waals surface area contributed by atoms with Gasteiger partial charge in [-0.25, -0.2) is 0 Å². The molecule has 0 saturated heterocycles. The summed E-state index contributed by atoms with van der Waals surface area (Å²) >= 11 is 0. The van der Waals surface area contributed by atoms with Crippen molar-refractivity contribution >= 4 is 0 Å². The van der Waals surface area contributed by atoms with Gasteiger partial charge in [-0.15, -0.1) is 0 Å². The van der Waals surface area contributed by atoms with E-state index in [1.165, 1.54) is 19.3 Å². The van der Waals surface area contributed by atoms with Gasteiger partial charge in [0.05, 0.1) is 0 Å². The monoisotopic (exact) mass is 97.1 g/mol. The molecule has 0 aromatic rings. The van der Waals surface area contributed by atoms with Gasteiger partial charge in [-0.2, -0.15) is 0 Å². The zero-order chi connectivity index (χ0) is 4.91. The third-order valence-corrected chi connectivity index (χ3v) is 2.21. The van der Waals surface area contributed by atoms with Crippen LogP contribution in [-0.4, -0.2) is 11.7 Å². The molecule has 0 atom stereocenters. The SMILES string of the molecule is OCC12C[C](C1)C2. The first-order valence-corrected chi connectivity index (χ1v) is 2.79. The summed E-state index contributed by atoms with van der Waals surface area (Å²) in [6.45, 7) is 0.427. The first kappa shape index (κ1) is 3.90. The van der Waals surface area contributed by atoms with Gasteiger partial charge in [0.15, 0.2) is 0 Å². The van der Waals surface area contributed by atoms with Crippen molar-refractivity contribution in [2.45, 2.75) is 19.3 Å². The average molecular weight is 97.1 g/mol.